The van der Waals surface area contributed by atoms with Crippen LogP contribution in [0.1, 0.15) is 104 Å². The zero-order valence-corrected chi connectivity index (χ0v) is 25.6. The van der Waals surface area contributed by atoms with Crippen molar-refractivity contribution in [2.75, 3.05) is 31.2 Å². The largest absolute Gasteiger partial charge is 0.378 e. The molecule has 4 heterocycles. The molecule has 7 heteroatoms. The quantitative estimate of drug-likeness (QED) is 0.160. The van der Waals surface area contributed by atoms with E-state index in [2.05, 4.69) is 80.4 Å². The van der Waals surface area contributed by atoms with Crippen molar-refractivity contribution in [3.63, 3.8) is 0 Å². The molecule has 4 rings (SSSR count). The Labute approximate surface area is 241 Å². The lowest BCUT2D eigenvalue weighted by Crippen LogP contribution is -2.37. The van der Waals surface area contributed by atoms with Gasteiger partial charge in [-0.1, -0.05) is 90.7 Å². The summed E-state index contributed by atoms with van der Waals surface area (Å²) in [6.07, 6.45) is 21.0. The van der Waals surface area contributed by atoms with E-state index in [0.717, 1.165) is 60.2 Å². The zero-order valence-electron chi connectivity index (χ0n) is 25.6. The standard InChI is InChI=1S/C31H44N6O.C2H6/c1-5-9-11-13-15-25(8-4)27-17-18-36(33-27)29-24-31(35-19-21-38-22-20-35)37-30(32-29)23-28(34-37)26(14-7-3)16-12-10-6-2;1-2/h7,10,12,14,16-18,23-25H,5-6,8-9,11,13,15,19-22H2,1-4H3;1-2H3/b12-10+,14-7-,26-16+;. The molecule has 1 fully saturated rings. The fraction of sp³-hybridized carbons (Fsp3) is 0.545. The Morgan fingerprint density at radius 2 is 1.85 bits per heavy atom. The average molecular weight is 547 g/mol. The third kappa shape index (κ3) is 8.17. The van der Waals surface area contributed by atoms with Crippen LogP contribution < -0.4 is 4.90 Å². The summed E-state index contributed by atoms with van der Waals surface area (Å²) in [5.74, 6) is 2.33. The van der Waals surface area contributed by atoms with Gasteiger partial charge in [0.15, 0.2) is 11.5 Å². The van der Waals surface area contributed by atoms with Crippen molar-refractivity contribution in [1.29, 1.82) is 0 Å². The van der Waals surface area contributed by atoms with Crippen molar-refractivity contribution in [3.05, 3.63) is 66.2 Å². The van der Waals surface area contributed by atoms with Gasteiger partial charge in [-0.25, -0.2) is 9.67 Å². The number of anilines is 1. The molecule has 3 aromatic heterocycles. The van der Waals surface area contributed by atoms with Crippen LogP contribution in [0.4, 0.5) is 5.82 Å². The topological polar surface area (TPSA) is 60.5 Å². The Morgan fingerprint density at radius 1 is 1.05 bits per heavy atom. The van der Waals surface area contributed by atoms with Crippen LogP contribution in [-0.4, -0.2) is 50.7 Å². The highest BCUT2D eigenvalue weighted by Crippen LogP contribution is 2.27. The molecule has 3 aromatic rings. The van der Waals surface area contributed by atoms with Crippen LogP contribution in [0.2, 0.25) is 0 Å². The maximum Gasteiger partial charge on any atom is 0.160 e. The van der Waals surface area contributed by atoms with Gasteiger partial charge in [0.05, 0.1) is 24.6 Å². The molecule has 0 aliphatic carbocycles. The van der Waals surface area contributed by atoms with Gasteiger partial charge in [0, 0.05) is 42.9 Å². The summed E-state index contributed by atoms with van der Waals surface area (Å²) < 4.78 is 9.55. The predicted octanol–water partition coefficient (Wildman–Crippen LogP) is 8.17. The molecular weight excluding hydrogens is 496 g/mol. The minimum atomic E-state index is 0.488. The van der Waals surface area contributed by atoms with E-state index in [4.69, 9.17) is 19.9 Å². The minimum absolute atomic E-state index is 0.488. The Morgan fingerprint density at radius 3 is 2.55 bits per heavy atom. The Kier molecular flexibility index (Phi) is 13.2. The Bertz CT molecular complexity index is 1250. The lowest BCUT2D eigenvalue weighted by Gasteiger charge is -2.29. The van der Waals surface area contributed by atoms with E-state index in [9.17, 15) is 0 Å². The first kappa shape index (κ1) is 31.3. The predicted molar refractivity (Wildman–Crippen MR) is 169 cm³/mol. The molecule has 218 valence electrons. The summed E-state index contributed by atoms with van der Waals surface area (Å²) in [5.41, 5.74) is 3.95. The van der Waals surface area contributed by atoms with Gasteiger partial charge in [0.1, 0.15) is 5.82 Å². The number of morpholine rings is 1. The minimum Gasteiger partial charge on any atom is -0.378 e. The van der Waals surface area contributed by atoms with Gasteiger partial charge < -0.3 is 9.64 Å². The van der Waals surface area contributed by atoms with E-state index in [1.54, 1.807) is 0 Å². The van der Waals surface area contributed by atoms with E-state index in [-0.39, 0.29) is 0 Å². The van der Waals surface area contributed by atoms with E-state index in [1.807, 2.05) is 30.0 Å². The number of nitrogens with zero attached hydrogens (tertiary/aromatic N) is 6. The maximum absolute atomic E-state index is 5.64. The highest BCUT2D eigenvalue weighted by molar-refractivity contribution is 5.75. The molecule has 0 aromatic carbocycles. The molecule has 1 saturated heterocycles. The maximum atomic E-state index is 5.64. The fourth-order valence-electron chi connectivity index (χ4n) is 5.00. The first-order valence-electron chi connectivity index (χ1n) is 15.5. The van der Waals surface area contributed by atoms with E-state index in [0.29, 0.717) is 19.1 Å². The zero-order chi connectivity index (χ0) is 28.7. The SMILES string of the molecule is CC.C\C=C/C(=C\C=C\CC)c1cc2nc(-n3ccc(C(CC)CCCCCC)n3)cc(N3CCOCC3)n2n1. The third-order valence-electron chi connectivity index (χ3n) is 7.18. The van der Waals surface area contributed by atoms with Crippen LogP contribution in [0.3, 0.4) is 0 Å². The van der Waals surface area contributed by atoms with Crippen LogP contribution in [0.25, 0.3) is 17.0 Å². The van der Waals surface area contributed by atoms with Crippen molar-refractivity contribution in [2.45, 2.75) is 92.4 Å². The summed E-state index contributed by atoms with van der Waals surface area (Å²) in [7, 11) is 0. The highest BCUT2D eigenvalue weighted by Gasteiger charge is 2.20. The molecule has 0 amide bonds. The van der Waals surface area contributed by atoms with Gasteiger partial charge in [-0.2, -0.15) is 14.7 Å². The molecule has 0 spiro atoms. The summed E-state index contributed by atoms with van der Waals surface area (Å²) >= 11 is 0. The summed E-state index contributed by atoms with van der Waals surface area (Å²) in [6, 6.07) is 6.36. The van der Waals surface area contributed by atoms with Gasteiger partial charge >= 0.3 is 0 Å². The smallest absolute Gasteiger partial charge is 0.160 e. The van der Waals surface area contributed by atoms with Crippen LogP contribution in [0.15, 0.2) is 54.8 Å². The Hall–Kier alpha value is -3.19. The summed E-state index contributed by atoms with van der Waals surface area (Å²) in [6.45, 7) is 15.8. The summed E-state index contributed by atoms with van der Waals surface area (Å²) in [4.78, 5) is 7.35. The van der Waals surface area contributed by atoms with Crippen LogP contribution in [0.5, 0.6) is 0 Å². The fourth-order valence-corrected chi connectivity index (χ4v) is 5.00. The second-order valence-corrected chi connectivity index (χ2v) is 9.97. The Balaban J connectivity index is 0.00000216. The number of unbranched alkanes of at least 4 members (excludes halogenated alkanes) is 3. The van der Waals surface area contributed by atoms with E-state index >= 15 is 0 Å². The van der Waals surface area contributed by atoms with Crippen LogP contribution >= 0.6 is 0 Å². The molecule has 40 heavy (non-hydrogen) atoms. The van der Waals surface area contributed by atoms with Crippen molar-refractivity contribution < 1.29 is 4.74 Å². The van der Waals surface area contributed by atoms with Gasteiger partial charge in [0.25, 0.3) is 0 Å². The molecule has 0 N–H and O–H groups in total. The van der Waals surface area contributed by atoms with Gasteiger partial charge in [-0.3, -0.25) is 0 Å². The molecule has 0 saturated carbocycles. The molecular formula is C33H50N6O. The molecule has 1 aliphatic rings. The van der Waals surface area contributed by atoms with Crippen molar-refractivity contribution in [2.24, 2.45) is 0 Å². The molecule has 0 bridgehead atoms. The second-order valence-electron chi connectivity index (χ2n) is 9.97. The molecule has 0 radical (unpaired) electrons. The highest BCUT2D eigenvalue weighted by atomic mass is 16.5. The van der Waals surface area contributed by atoms with E-state index < -0.39 is 0 Å². The number of ether oxygens (including phenoxy) is 1. The number of hydrogen-bond donors (Lipinski definition) is 0. The van der Waals surface area contributed by atoms with Crippen molar-refractivity contribution in [1.82, 2.24) is 24.4 Å². The molecule has 1 atom stereocenters. The number of allylic oxidation sites excluding steroid dienone is 6. The second kappa shape index (κ2) is 16.8. The number of hydrogen-bond acceptors (Lipinski definition) is 5. The normalized spacial score (nSPS) is 15.2. The summed E-state index contributed by atoms with van der Waals surface area (Å²) in [5, 5.41) is 10.0. The number of rotatable bonds is 13. The lowest BCUT2D eigenvalue weighted by atomic mass is 9.95. The average Bonchev–Trinajstić information content (AvgIpc) is 3.66. The number of fused-ring (bicyclic) bond motifs is 1. The van der Waals surface area contributed by atoms with E-state index in [1.165, 1.54) is 32.1 Å². The van der Waals surface area contributed by atoms with Crippen molar-refractivity contribution in [3.8, 4) is 5.82 Å². The van der Waals surface area contributed by atoms with Crippen molar-refractivity contribution >= 4 is 17.0 Å². The third-order valence-corrected chi connectivity index (χ3v) is 7.18. The van der Waals surface area contributed by atoms with Gasteiger partial charge in [-0.05, 0) is 32.3 Å². The molecule has 1 aliphatic heterocycles. The lowest BCUT2D eigenvalue weighted by molar-refractivity contribution is 0.122. The first-order valence-corrected chi connectivity index (χ1v) is 15.5. The van der Waals surface area contributed by atoms with Gasteiger partial charge in [-0.15, -0.1) is 0 Å². The molecule has 1 unspecified atom stereocenters. The first-order chi connectivity index (χ1) is 19.7. The van der Waals surface area contributed by atoms with Crippen LogP contribution in [-0.2, 0) is 4.74 Å². The number of aromatic nitrogens is 5. The van der Waals surface area contributed by atoms with Crippen LogP contribution in [0, 0.1) is 0 Å². The monoisotopic (exact) mass is 546 g/mol. The van der Waals surface area contributed by atoms with Gasteiger partial charge in [0.2, 0.25) is 0 Å². The molecule has 7 nitrogen and oxygen atoms in total.